The van der Waals surface area contributed by atoms with E-state index in [-0.39, 0.29) is 0 Å². The summed E-state index contributed by atoms with van der Waals surface area (Å²) in [7, 11) is 0. The number of aryl methyl sites for hydroxylation is 1. The lowest BCUT2D eigenvalue weighted by molar-refractivity contribution is 0.321. The van der Waals surface area contributed by atoms with E-state index in [2.05, 4.69) is 47.8 Å². The summed E-state index contributed by atoms with van der Waals surface area (Å²) in [4.78, 5) is 9.69. The van der Waals surface area contributed by atoms with Crippen molar-refractivity contribution in [2.75, 3.05) is 19.6 Å². The van der Waals surface area contributed by atoms with Gasteiger partial charge in [0.05, 0.1) is 11.9 Å². The van der Waals surface area contributed by atoms with Gasteiger partial charge in [0.25, 0.3) is 0 Å². The molecule has 0 amide bonds. The molecule has 1 aromatic heterocycles. The van der Waals surface area contributed by atoms with Crippen LogP contribution in [0, 0.1) is 6.92 Å². The molecule has 0 spiro atoms. The summed E-state index contributed by atoms with van der Waals surface area (Å²) in [5, 5.41) is 0. The maximum atomic E-state index is 4.14. The van der Waals surface area contributed by atoms with Gasteiger partial charge in [-0.25, -0.2) is 4.98 Å². The van der Waals surface area contributed by atoms with Crippen LogP contribution in [0.3, 0.4) is 0 Å². The minimum atomic E-state index is 0.953. The zero-order valence-corrected chi connectivity index (χ0v) is 12.5. The molecular formula is C16H25N3. The van der Waals surface area contributed by atoms with Gasteiger partial charge in [-0.2, -0.15) is 0 Å². The quantitative estimate of drug-likeness (QED) is 0.907. The molecule has 0 aliphatic rings. The van der Waals surface area contributed by atoms with Crippen LogP contribution < -0.4 is 0 Å². The Morgan fingerprint density at radius 2 is 1.58 bits per heavy atom. The van der Waals surface area contributed by atoms with Crippen molar-refractivity contribution in [3.05, 3.63) is 42.4 Å². The number of hydrogen-bond acceptors (Lipinski definition) is 2. The molecule has 0 saturated heterocycles. The Kier molecular flexibility index (Phi) is 6.90. The van der Waals surface area contributed by atoms with Crippen molar-refractivity contribution in [3.8, 4) is 11.3 Å². The second kappa shape index (κ2) is 8.48. The van der Waals surface area contributed by atoms with Crippen LogP contribution in [0.2, 0.25) is 0 Å². The Labute approximate surface area is 116 Å². The van der Waals surface area contributed by atoms with Crippen LogP contribution in [-0.2, 0) is 0 Å². The molecule has 0 atom stereocenters. The van der Waals surface area contributed by atoms with E-state index in [1.165, 1.54) is 25.2 Å². The molecule has 0 saturated carbocycles. The van der Waals surface area contributed by atoms with Crippen molar-refractivity contribution >= 4 is 0 Å². The van der Waals surface area contributed by atoms with Crippen LogP contribution in [-0.4, -0.2) is 34.5 Å². The molecule has 0 aliphatic heterocycles. The fourth-order valence-corrected chi connectivity index (χ4v) is 1.86. The number of imidazole rings is 1. The lowest BCUT2D eigenvalue weighted by Gasteiger charge is -2.13. The third kappa shape index (κ3) is 5.26. The van der Waals surface area contributed by atoms with Gasteiger partial charge in [-0.1, -0.05) is 51.1 Å². The highest BCUT2D eigenvalue weighted by atomic mass is 15.1. The monoisotopic (exact) mass is 259 g/mol. The minimum Gasteiger partial charge on any atom is -0.342 e. The van der Waals surface area contributed by atoms with Crippen molar-refractivity contribution < 1.29 is 0 Å². The molecule has 0 unspecified atom stereocenters. The summed E-state index contributed by atoms with van der Waals surface area (Å²) >= 11 is 0. The van der Waals surface area contributed by atoms with Crippen LogP contribution in [0.5, 0.6) is 0 Å². The number of nitrogens with one attached hydrogen (secondary N) is 1. The Morgan fingerprint density at radius 3 is 1.95 bits per heavy atom. The van der Waals surface area contributed by atoms with Crippen LogP contribution >= 0.6 is 0 Å². The molecule has 2 rings (SSSR count). The number of benzene rings is 1. The molecule has 2 aromatic rings. The van der Waals surface area contributed by atoms with E-state index >= 15 is 0 Å². The highest BCUT2D eigenvalue weighted by molar-refractivity contribution is 5.57. The topological polar surface area (TPSA) is 31.9 Å². The third-order valence-corrected chi connectivity index (χ3v) is 3.13. The van der Waals surface area contributed by atoms with Crippen LogP contribution in [0.4, 0.5) is 0 Å². The Bertz CT molecular complexity index is 439. The molecule has 19 heavy (non-hydrogen) atoms. The van der Waals surface area contributed by atoms with Crippen molar-refractivity contribution in [3.63, 3.8) is 0 Å². The second-order valence-corrected chi connectivity index (χ2v) is 4.37. The molecule has 0 bridgehead atoms. The number of hydrogen-bond donors (Lipinski definition) is 1. The van der Waals surface area contributed by atoms with Gasteiger partial charge in [-0.05, 0) is 32.1 Å². The van der Waals surface area contributed by atoms with E-state index < -0.39 is 0 Å². The highest BCUT2D eigenvalue weighted by Gasteiger charge is 1.97. The summed E-state index contributed by atoms with van der Waals surface area (Å²) in [6.45, 7) is 12.1. The number of aromatic amines is 1. The number of H-pyrrole nitrogens is 1. The molecule has 0 aliphatic carbocycles. The first-order chi connectivity index (χ1) is 9.21. The maximum absolute atomic E-state index is 4.14. The SMILES string of the molecule is CCN(CC)CC.Cc1ncc(-c2ccccc2)[nH]1. The van der Waals surface area contributed by atoms with Crippen molar-refractivity contribution in [2.24, 2.45) is 0 Å². The van der Waals surface area contributed by atoms with Gasteiger partial charge in [0, 0.05) is 0 Å². The predicted octanol–water partition coefficient (Wildman–Crippen LogP) is 3.73. The largest absolute Gasteiger partial charge is 0.342 e. The van der Waals surface area contributed by atoms with Crippen molar-refractivity contribution in [1.82, 2.24) is 14.9 Å². The van der Waals surface area contributed by atoms with Gasteiger partial charge in [-0.3, -0.25) is 0 Å². The number of nitrogens with zero attached hydrogens (tertiary/aromatic N) is 2. The lowest BCUT2D eigenvalue weighted by atomic mass is 10.2. The van der Waals surface area contributed by atoms with Gasteiger partial charge in [0.1, 0.15) is 5.82 Å². The molecular weight excluding hydrogens is 234 g/mol. The van der Waals surface area contributed by atoms with Crippen LogP contribution in [0.15, 0.2) is 36.5 Å². The summed E-state index contributed by atoms with van der Waals surface area (Å²) in [5.74, 6) is 0.953. The first-order valence-corrected chi connectivity index (χ1v) is 7.00. The van der Waals surface area contributed by atoms with Gasteiger partial charge < -0.3 is 9.88 Å². The third-order valence-electron chi connectivity index (χ3n) is 3.13. The first kappa shape index (κ1) is 15.4. The summed E-state index contributed by atoms with van der Waals surface area (Å²) in [6, 6.07) is 10.2. The zero-order chi connectivity index (χ0) is 14.1. The summed E-state index contributed by atoms with van der Waals surface area (Å²) in [6.07, 6.45) is 1.85. The van der Waals surface area contributed by atoms with E-state index in [4.69, 9.17) is 0 Å². The van der Waals surface area contributed by atoms with E-state index in [1.807, 2.05) is 31.3 Å². The molecule has 0 radical (unpaired) electrons. The maximum Gasteiger partial charge on any atom is 0.103 e. The zero-order valence-electron chi connectivity index (χ0n) is 12.5. The molecule has 1 heterocycles. The molecule has 3 heteroatoms. The van der Waals surface area contributed by atoms with Gasteiger partial charge in [0.15, 0.2) is 0 Å². The summed E-state index contributed by atoms with van der Waals surface area (Å²) < 4.78 is 0. The number of aromatic nitrogens is 2. The molecule has 104 valence electrons. The van der Waals surface area contributed by atoms with Crippen molar-refractivity contribution in [2.45, 2.75) is 27.7 Å². The Morgan fingerprint density at radius 1 is 1.00 bits per heavy atom. The van der Waals surface area contributed by atoms with Gasteiger partial charge in [-0.15, -0.1) is 0 Å². The van der Waals surface area contributed by atoms with E-state index in [1.54, 1.807) is 0 Å². The number of rotatable bonds is 4. The lowest BCUT2D eigenvalue weighted by Crippen LogP contribution is -2.21. The fraction of sp³-hybridized carbons (Fsp3) is 0.438. The van der Waals surface area contributed by atoms with E-state index in [0.29, 0.717) is 0 Å². The van der Waals surface area contributed by atoms with Gasteiger partial charge >= 0.3 is 0 Å². The first-order valence-electron chi connectivity index (χ1n) is 7.00. The minimum absolute atomic E-state index is 0.953. The predicted molar refractivity (Wildman–Crippen MR) is 82.2 cm³/mol. The van der Waals surface area contributed by atoms with Crippen LogP contribution in [0.25, 0.3) is 11.3 Å². The Balaban J connectivity index is 0.000000224. The molecule has 1 N–H and O–H groups in total. The average molecular weight is 259 g/mol. The van der Waals surface area contributed by atoms with E-state index in [0.717, 1.165) is 11.5 Å². The van der Waals surface area contributed by atoms with Crippen LogP contribution in [0.1, 0.15) is 26.6 Å². The molecule has 0 fully saturated rings. The smallest absolute Gasteiger partial charge is 0.103 e. The van der Waals surface area contributed by atoms with Gasteiger partial charge in [0.2, 0.25) is 0 Å². The van der Waals surface area contributed by atoms with Crippen molar-refractivity contribution in [1.29, 1.82) is 0 Å². The van der Waals surface area contributed by atoms with E-state index in [9.17, 15) is 0 Å². The fourth-order valence-electron chi connectivity index (χ4n) is 1.86. The highest BCUT2D eigenvalue weighted by Crippen LogP contribution is 2.15. The second-order valence-electron chi connectivity index (χ2n) is 4.37. The summed E-state index contributed by atoms with van der Waals surface area (Å²) in [5.41, 5.74) is 2.26. The standard InChI is InChI=1S/C10H10N2.C6H15N/c1-8-11-7-10(12-8)9-5-3-2-4-6-9;1-4-7(5-2)6-3/h2-7H,1H3,(H,11,12);4-6H2,1-3H3. The normalized spacial score (nSPS) is 10.2. The Hall–Kier alpha value is -1.61. The average Bonchev–Trinajstić information content (AvgIpc) is 2.89. The molecule has 3 nitrogen and oxygen atoms in total. The molecule has 1 aromatic carbocycles.